The third-order valence-corrected chi connectivity index (χ3v) is 8.67. The van der Waals surface area contributed by atoms with Crippen LogP contribution in [0.1, 0.15) is 76.9 Å². The Morgan fingerprint density at radius 2 is 2.00 bits per heavy atom. The number of aliphatic hydroxyl groups excluding tert-OH is 2. The van der Waals surface area contributed by atoms with E-state index in [9.17, 15) is 24.6 Å². The first-order valence-corrected chi connectivity index (χ1v) is 15.0. The minimum atomic E-state index is -1.34. The van der Waals surface area contributed by atoms with E-state index in [4.69, 9.17) is 9.47 Å². The molecular weight excluding hydrogens is 542 g/mol. The van der Waals surface area contributed by atoms with Crippen LogP contribution in [0.4, 0.5) is 0 Å². The number of rotatable bonds is 7. The Morgan fingerprint density at radius 3 is 2.61 bits per heavy atom. The quantitative estimate of drug-likeness (QED) is 0.242. The fraction of sp³-hybridized carbons (Fsp3) is 0.562. The number of cyclic esters (lactones) is 1. The number of hydrogen-bond donors (Lipinski definition) is 2. The van der Waals surface area contributed by atoms with E-state index in [2.05, 4.69) is 18.1 Å². The third-order valence-electron chi connectivity index (χ3n) is 7.87. The fourth-order valence-corrected chi connectivity index (χ4v) is 5.68. The zero-order chi connectivity index (χ0) is 30.7. The van der Waals surface area contributed by atoms with Gasteiger partial charge >= 0.3 is 11.9 Å². The first-order valence-electron chi connectivity index (χ1n) is 14.1. The normalized spacial score (nSPS) is 30.6. The van der Waals surface area contributed by atoms with Crippen LogP contribution in [0.25, 0.3) is 6.08 Å². The van der Waals surface area contributed by atoms with Crippen molar-refractivity contribution in [3.8, 4) is 0 Å². The zero-order valence-corrected chi connectivity index (χ0v) is 25.7. The summed E-state index contributed by atoms with van der Waals surface area (Å²) in [6, 6.07) is 0. The summed E-state index contributed by atoms with van der Waals surface area (Å²) in [5.74, 6) is -2.49. The molecule has 2 N–H and O–H groups in total. The van der Waals surface area contributed by atoms with Crippen LogP contribution in [0.5, 0.6) is 0 Å². The van der Waals surface area contributed by atoms with Crippen LogP contribution in [0.3, 0.4) is 0 Å². The van der Waals surface area contributed by atoms with Crippen molar-refractivity contribution in [2.75, 3.05) is 6.61 Å². The molecule has 0 saturated heterocycles. The second-order valence-electron chi connectivity index (χ2n) is 11.2. The zero-order valence-electron chi connectivity index (χ0n) is 24.9. The monoisotopic (exact) mass is 587 g/mol. The van der Waals surface area contributed by atoms with Gasteiger partial charge in [0.25, 0.3) is 0 Å². The van der Waals surface area contributed by atoms with Gasteiger partial charge in [-0.1, -0.05) is 32.6 Å². The van der Waals surface area contributed by atoms with Crippen molar-refractivity contribution in [3.05, 3.63) is 58.6 Å². The summed E-state index contributed by atoms with van der Waals surface area (Å²) in [6.45, 7) is 16.2. The molecule has 41 heavy (non-hydrogen) atoms. The predicted octanol–water partition coefficient (Wildman–Crippen LogP) is 5.53. The topological polar surface area (TPSA) is 123 Å². The number of ether oxygens (including phenoxy) is 2. The van der Waals surface area contributed by atoms with E-state index in [1.165, 1.54) is 11.3 Å². The standard InChI is InChI=1S/C32H45NO7S/c1-8-15-32(7)27(34)17-29(36)40-26(21(4)16-25-19-41-23(6)33-25)14-13-24(18-39-28(35)9-2)12-10-11-20(3)30(37)22(5)31(32)38/h8-9,13,16,19-20,22,26-27,30,34,37H,1-2,10-12,14-15,17-18H2,3-7H3/b21-16+,24-13+/t20-,22-,26-,27-,30+,32-/m0/s1. The van der Waals surface area contributed by atoms with Gasteiger partial charge in [0.1, 0.15) is 18.5 Å². The Labute approximate surface area is 247 Å². The molecule has 1 aromatic heterocycles. The lowest BCUT2D eigenvalue weighted by molar-refractivity contribution is -0.154. The molecule has 1 aromatic rings. The largest absolute Gasteiger partial charge is 0.458 e. The van der Waals surface area contributed by atoms with Crippen molar-refractivity contribution >= 4 is 35.1 Å². The van der Waals surface area contributed by atoms with E-state index in [-0.39, 0.29) is 24.7 Å². The summed E-state index contributed by atoms with van der Waals surface area (Å²) < 4.78 is 11.2. The summed E-state index contributed by atoms with van der Waals surface area (Å²) >= 11 is 1.51. The van der Waals surface area contributed by atoms with Gasteiger partial charge in [-0.15, -0.1) is 17.9 Å². The van der Waals surface area contributed by atoms with Gasteiger partial charge in [-0.25, -0.2) is 9.78 Å². The van der Waals surface area contributed by atoms with Crippen LogP contribution in [0.15, 0.2) is 47.9 Å². The molecule has 8 nitrogen and oxygen atoms in total. The molecule has 0 aliphatic carbocycles. The van der Waals surface area contributed by atoms with Crippen molar-refractivity contribution in [3.63, 3.8) is 0 Å². The predicted molar refractivity (Wildman–Crippen MR) is 161 cm³/mol. The first kappa shape index (κ1) is 34.3. The molecule has 2 heterocycles. The lowest BCUT2D eigenvalue weighted by Gasteiger charge is -2.36. The molecule has 6 atom stereocenters. The molecule has 1 aliphatic heterocycles. The average Bonchev–Trinajstić information content (AvgIpc) is 3.35. The molecule has 0 unspecified atom stereocenters. The molecule has 0 radical (unpaired) electrons. The number of carbonyl (C=O) groups is 3. The van der Waals surface area contributed by atoms with Crippen LogP contribution in [-0.4, -0.2) is 57.8 Å². The number of aryl methyl sites for hydroxylation is 1. The number of hydrogen-bond acceptors (Lipinski definition) is 9. The number of nitrogens with zero attached hydrogens (tertiary/aromatic N) is 1. The molecule has 0 bridgehead atoms. The van der Waals surface area contributed by atoms with Crippen molar-refractivity contribution < 1.29 is 34.1 Å². The minimum Gasteiger partial charge on any atom is -0.458 e. The Hall–Kier alpha value is -2.88. The number of carbonyl (C=O) groups excluding carboxylic acids is 3. The van der Waals surface area contributed by atoms with Crippen molar-refractivity contribution in [2.45, 2.75) is 91.5 Å². The summed E-state index contributed by atoms with van der Waals surface area (Å²) in [5, 5.41) is 25.0. The van der Waals surface area contributed by atoms with Gasteiger partial charge in [-0.3, -0.25) is 9.59 Å². The van der Waals surface area contributed by atoms with Crippen LogP contribution >= 0.6 is 11.3 Å². The van der Waals surface area contributed by atoms with Crippen LogP contribution in [0, 0.1) is 24.2 Å². The molecule has 0 saturated carbocycles. The number of aliphatic hydroxyl groups is 2. The number of Topliss-reactive ketones (excluding diaryl/α,β-unsaturated/α-hetero) is 1. The Balaban J connectivity index is 2.48. The molecule has 226 valence electrons. The van der Waals surface area contributed by atoms with Gasteiger partial charge in [0, 0.05) is 23.8 Å². The van der Waals surface area contributed by atoms with Crippen molar-refractivity contribution in [2.24, 2.45) is 17.3 Å². The molecule has 0 aromatic carbocycles. The van der Waals surface area contributed by atoms with E-state index < -0.39 is 48.0 Å². The van der Waals surface area contributed by atoms with E-state index in [0.29, 0.717) is 25.7 Å². The summed E-state index contributed by atoms with van der Waals surface area (Å²) in [4.78, 5) is 43.0. The highest BCUT2D eigenvalue weighted by Gasteiger charge is 2.45. The lowest BCUT2D eigenvalue weighted by Crippen LogP contribution is -2.47. The smallest absolute Gasteiger partial charge is 0.330 e. The number of thiazole rings is 1. The number of aromatic nitrogens is 1. The number of esters is 2. The Morgan fingerprint density at radius 1 is 1.29 bits per heavy atom. The molecule has 0 spiro atoms. The maximum atomic E-state index is 13.6. The van der Waals surface area contributed by atoms with Crippen LogP contribution in [-0.2, 0) is 23.9 Å². The summed E-state index contributed by atoms with van der Waals surface area (Å²) in [7, 11) is 0. The van der Waals surface area contributed by atoms with Crippen molar-refractivity contribution in [1.29, 1.82) is 0 Å². The van der Waals surface area contributed by atoms with Gasteiger partial charge in [-0.05, 0) is 69.6 Å². The van der Waals surface area contributed by atoms with E-state index in [1.54, 1.807) is 19.9 Å². The van der Waals surface area contributed by atoms with Gasteiger partial charge < -0.3 is 19.7 Å². The average molecular weight is 588 g/mol. The fourth-order valence-electron chi connectivity index (χ4n) is 5.11. The molecule has 0 amide bonds. The van der Waals surface area contributed by atoms with Crippen molar-refractivity contribution in [1.82, 2.24) is 4.98 Å². The first-order chi connectivity index (χ1) is 19.3. The SMILES string of the molecule is C=CC[C@]1(C)C(=O)[C@@H](C)[C@H](O)[C@@H](C)CCC/C(COC(=O)C=C)=C\C[C@@H](/C(C)=C/c2csc(C)n2)OC(=O)C[C@@H]1O. The second kappa shape index (κ2) is 15.9. The highest BCUT2D eigenvalue weighted by Crippen LogP contribution is 2.36. The minimum absolute atomic E-state index is 0.0595. The Kier molecular flexibility index (Phi) is 13.3. The van der Waals surface area contributed by atoms with Gasteiger partial charge in [-0.2, -0.15) is 0 Å². The maximum absolute atomic E-state index is 13.6. The molecule has 1 aliphatic rings. The number of ketones is 1. The van der Waals surface area contributed by atoms with Gasteiger partial charge in [0.2, 0.25) is 0 Å². The van der Waals surface area contributed by atoms with E-state index in [1.807, 2.05) is 38.3 Å². The van der Waals surface area contributed by atoms with Gasteiger partial charge in [0.15, 0.2) is 0 Å². The van der Waals surface area contributed by atoms with Gasteiger partial charge in [0.05, 0.1) is 34.7 Å². The molecule has 2 rings (SSSR count). The van der Waals surface area contributed by atoms with Crippen LogP contribution in [0.2, 0.25) is 0 Å². The van der Waals surface area contributed by atoms with E-state index in [0.717, 1.165) is 27.9 Å². The molecular formula is C32H45NO7S. The number of allylic oxidation sites excluding steroid dienone is 1. The van der Waals surface area contributed by atoms with Crippen LogP contribution < -0.4 is 0 Å². The lowest BCUT2D eigenvalue weighted by atomic mass is 9.69. The van der Waals surface area contributed by atoms with E-state index >= 15 is 0 Å². The maximum Gasteiger partial charge on any atom is 0.330 e. The molecule has 9 heteroatoms. The second-order valence-corrected chi connectivity index (χ2v) is 12.3. The third kappa shape index (κ3) is 9.87. The Bertz CT molecular complexity index is 1150. The summed E-state index contributed by atoms with van der Waals surface area (Å²) in [5.41, 5.74) is 1.03. The highest BCUT2D eigenvalue weighted by molar-refractivity contribution is 7.09. The molecule has 0 fully saturated rings. The summed E-state index contributed by atoms with van der Waals surface area (Å²) in [6.07, 6.45) is 5.43. The highest BCUT2D eigenvalue weighted by atomic mass is 32.1.